The number of imidazole rings is 1. The van der Waals surface area contributed by atoms with Crippen LogP contribution in [0.5, 0.6) is 0 Å². The summed E-state index contributed by atoms with van der Waals surface area (Å²) in [7, 11) is 0. The molecule has 4 heterocycles. The Hall–Kier alpha value is -1.90. The number of halogens is 1. The molecule has 0 unspecified atom stereocenters. The van der Waals surface area contributed by atoms with Crippen LogP contribution in [-0.2, 0) is 4.79 Å². The normalized spacial score (nSPS) is 15.7. The van der Waals surface area contributed by atoms with Gasteiger partial charge in [-0.25, -0.2) is 9.97 Å². The van der Waals surface area contributed by atoms with Gasteiger partial charge >= 0.3 is 0 Å². The molecule has 0 radical (unpaired) electrons. The van der Waals surface area contributed by atoms with Gasteiger partial charge in [0.2, 0.25) is 5.91 Å². The van der Waals surface area contributed by atoms with Gasteiger partial charge in [-0.3, -0.25) is 9.20 Å². The van der Waals surface area contributed by atoms with Crippen molar-refractivity contribution in [1.29, 1.82) is 0 Å². The average Bonchev–Trinajstić information content (AvgIpc) is 3.31. The highest BCUT2D eigenvalue weighted by Crippen LogP contribution is 2.23. The molecule has 124 valence electrons. The SMILES string of the molecule is O=C(/C=C/c1c(Cl)nc2sccn12)N1CCN(c2nccs2)CC1. The molecule has 9 heteroatoms. The van der Waals surface area contributed by atoms with Crippen LogP contribution in [0.15, 0.2) is 29.2 Å². The second-order valence-corrected chi connectivity index (χ2v) is 7.41. The van der Waals surface area contributed by atoms with E-state index in [1.54, 1.807) is 29.7 Å². The summed E-state index contributed by atoms with van der Waals surface area (Å²) in [5.74, 6) is -0.00460. The molecule has 1 amide bonds. The smallest absolute Gasteiger partial charge is 0.246 e. The first-order valence-corrected chi connectivity index (χ1v) is 9.58. The summed E-state index contributed by atoms with van der Waals surface area (Å²) >= 11 is 9.28. The molecule has 0 spiro atoms. The molecule has 0 aliphatic carbocycles. The third-order valence-electron chi connectivity index (χ3n) is 3.92. The van der Waals surface area contributed by atoms with E-state index in [0.29, 0.717) is 18.2 Å². The summed E-state index contributed by atoms with van der Waals surface area (Å²) in [6.07, 6.45) is 7.02. The predicted molar refractivity (Wildman–Crippen MR) is 98.0 cm³/mol. The second kappa shape index (κ2) is 6.54. The van der Waals surface area contributed by atoms with Gasteiger partial charge in [-0.05, 0) is 6.08 Å². The Morgan fingerprint density at radius 2 is 2.04 bits per heavy atom. The van der Waals surface area contributed by atoms with Crippen molar-refractivity contribution in [2.75, 3.05) is 31.1 Å². The maximum absolute atomic E-state index is 12.4. The van der Waals surface area contributed by atoms with E-state index in [1.165, 1.54) is 11.3 Å². The van der Waals surface area contributed by atoms with E-state index in [4.69, 9.17) is 11.6 Å². The minimum atomic E-state index is -0.00460. The maximum atomic E-state index is 12.4. The number of piperazine rings is 1. The average molecular weight is 380 g/mol. The number of nitrogens with zero attached hydrogens (tertiary/aromatic N) is 5. The summed E-state index contributed by atoms with van der Waals surface area (Å²) in [6, 6.07) is 0. The molecule has 1 fully saturated rings. The first kappa shape index (κ1) is 15.6. The van der Waals surface area contributed by atoms with Crippen LogP contribution in [-0.4, -0.2) is 51.4 Å². The minimum Gasteiger partial charge on any atom is -0.345 e. The van der Waals surface area contributed by atoms with E-state index in [0.717, 1.165) is 28.9 Å². The summed E-state index contributed by atoms with van der Waals surface area (Å²) in [5.41, 5.74) is 0.739. The molecule has 24 heavy (non-hydrogen) atoms. The zero-order valence-electron chi connectivity index (χ0n) is 12.6. The third kappa shape index (κ3) is 2.92. The Kier molecular flexibility index (Phi) is 4.26. The monoisotopic (exact) mass is 379 g/mol. The van der Waals surface area contributed by atoms with Crippen LogP contribution < -0.4 is 4.90 Å². The topological polar surface area (TPSA) is 53.7 Å². The molecular weight excluding hydrogens is 366 g/mol. The lowest BCUT2D eigenvalue weighted by atomic mass is 10.3. The van der Waals surface area contributed by atoms with E-state index < -0.39 is 0 Å². The fourth-order valence-electron chi connectivity index (χ4n) is 2.67. The van der Waals surface area contributed by atoms with Gasteiger partial charge < -0.3 is 9.80 Å². The van der Waals surface area contributed by atoms with Gasteiger partial charge in [0.05, 0.1) is 5.69 Å². The summed E-state index contributed by atoms with van der Waals surface area (Å²) < 4.78 is 1.89. The Morgan fingerprint density at radius 1 is 1.21 bits per heavy atom. The number of hydrogen-bond acceptors (Lipinski definition) is 6. The minimum absolute atomic E-state index is 0.00460. The lowest BCUT2D eigenvalue weighted by molar-refractivity contribution is -0.126. The van der Waals surface area contributed by atoms with E-state index >= 15 is 0 Å². The molecule has 4 rings (SSSR count). The highest BCUT2D eigenvalue weighted by Gasteiger charge is 2.21. The van der Waals surface area contributed by atoms with Gasteiger partial charge in [0.1, 0.15) is 0 Å². The van der Waals surface area contributed by atoms with Crippen molar-refractivity contribution in [3.05, 3.63) is 40.1 Å². The number of carbonyl (C=O) groups is 1. The number of carbonyl (C=O) groups excluding carboxylic acids is 1. The Morgan fingerprint density at radius 3 is 2.79 bits per heavy atom. The zero-order valence-corrected chi connectivity index (χ0v) is 15.0. The molecule has 1 aliphatic rings. The predicted octanol–water partition coefficient (Wildman–Crippen LogP) is 2.87. The maximum Gasteiger partial charge on any atom is 0.246 e. The largest absolute Gasteiger partial charge is 0.345 e. The van der Waals surface area contributed by atoms with Crippen molar-refractivity contribution >= 4 is 56.4 Å². The molecule has 3 aromatic rings. The first-order chi connectivity index (χ1) is 11.7. The van der Waals surface area contributed by atoms with Crippen molar-refractivity contribution < 1.29 is 4.79 Å². The number of anilines is 1. The molecule has 0 bridgehead atoms. The van der Waals surface area contributed by atoms with Gasteiger partial charge in [0.25, 0.3) is 0 Å². The van der Waals surface area contributed by atoms with Crippen LogP contribution in [0.3, 0.4) is 0 Å². The standard InChI is InChI=1S/C15H14ClN5OS2/c16-13-11(21-8-10-24-15(21)18-13)1-2-12(22)19-4-6-20(7-5-19)14-17-3-9-23-14/h1-3,8-10H,4-7H2/b2-1+. The lowest BCUT2D eigenvalue weighted by Crippen LogP contribution is -2.48. The van der Waals surface area contributed by atoms with Crippen molar-refractivity contribution in [3.8, 4) is 0 Å². The fourth-order valence-corrected chi connectivity index (χ4v) is 4.37. The molecule has 0 aromatic carbocycles. The van der Waals surface area contributed by atoms with Crippen molar-refractivity contribution in [1.82, 2.24) is 19.3 Å². The number of amides is 1. The van der Waals surface area contributed by atoms with Gasteiger partial charge in [0, 0.05) is 55.4 Å². The van der Waals surface area contributed by atoms with Crippen LogP contribution in [0.4, 0.5) is 5.13 Å². The molecular formula is C15H14ClN5OS2. The number of aromatic nitrogens is 3. The van der Waals surface area contributed by atoms with Crippen LogP contribution in [0, 0.1) is 0 Å². The molecule has 3 aromatic heterocycles. The molecule has 0 saturated carbocycles. The van der Waals surface area contributed by atoms with Gasteiger partial charge in [-0.1, -0.05) is 11.6 Å². The molecule has 0 N–H and O–H groups in total. The highest BCUT2D eigenvalue weighted by atomic mass is 35.5. The third-order valence-corrected chi connectivity index (χ3v) is 5.79. The number of hydrogen-bond donors (Lipinski definition) is 0. The number of fused-ring (bicyclic) bond motifs is 1. The van der Waals surface area contributed by atoms with Crippen LogP contribution in [0.2, 0.25) is 5.15 Å². The molecule has 1 saturated heterocycles. The summed E-state index contributed by atoms with van der Waals surface area (Å²) in [6.45, 7) is 2.98. The van der Waals surface area contributed by atoms with E-state index in [1.807, 2.05) is 26.3 Å². The van der Waals surface area contributed by atoms with Crippen molar-refractivity contribution in [2.24, 2.45) is 0 Å². The zero-order chi connectivity index (χ0) is 16.5. The van der Waals surface area contributed by atoms with Gasteiger partial charge in [-0.15, -0.1) is 22.7 Å². The lowest BCUT2D eigenvalue weighted by Gasteiger charge is -2.34. The molecule has 6 nitrogen and oxygen atoms in total. The van der Waals surface area contributed by atoms with E-state index in [-0.39, 0.29) is 5.91 Å². The summed E-state index contributed by atoms with van der Waals surface area (Å²) in [5, 5.41) is 5.34. The Bertz CT molecular complexity index is 877. The van der Waals surface area contributed by atoms with Gasteiger partial charge in [-0.2, -0.15) is 0 Å². The van der Waals surface area contributed by atoms with Crippen LogP contribution in [0.25, 0.3) is 11.0 Å². The number of rotatable bonds is 3. The van der Waals surface area contributed by atoms with Crippen LogP contribution >= 0.6 is 34.3 Å². The molecule has 1 aliphatic heterocycles. The molecule has 0 atom stereocenters. The number of thiazole rings is 2. The van der Waals surface area contributed by atoms with E-state index in [2.05, 4.69) is 14.9 Å². The second-order valence-electron chi connectivity index (χ2n) is 5.30. The van der Waals surface area contributed by atoms with Crippen LogP contribution in [0.1, 0.15) is 5.69 Å². The van der Waals surface area contributed by atoms with Crippen molar-refractivity contribution in [2.45, 2.75) is 0 Å². The Labute approximate surface area is 151 Å². The van der Waals surface area contributed by atoms with E-state index in [9.17, 15) is 4.79 Å². The van der Waals surface area contributed by atoms with Crippen molar-refractivity contribution in [3.63, 3.8) is 0 Å². The summed E-state index contributed by atoms with van der Waals surface area (Å²) in [4.78, 5) is 25.9. The quantitative estimate of drug-likeness (QED) is 0.656. The highest BCUT2D eigenvalue weighted by molar-refractivity contribution is 7.15. The fraction of sp³-hybridized carbons (Fsp3) is 0.267. The first-order valence-electron chi connectivity index (χ1n) is 7.45. The van der Waals surface area contributed by atoms with Gasteiger partial charge in [0.15, 0.2) is 15.2 Å². The Balaban J connectivity index is 1.42.